The molecule has 0 radical (unpaired) electrons. The molecule has 1 heterocycles. The second kappa shape index (κ2) is 5.99. The summed E-state index contributed by atoms with van der Waals surface area (Å²) in [5.41, 5.74) is 2.82. The van der Waals surface area contributed by atoms with Gasteiger partial charge in [-0.3, -0.25) is 15.1 Å². The van der Waals surface area contributed by atoms with E-state index in [-0.39, 0.29) is 11.9 Å². The SMILES string of the molecule is COCC(C(=O)NN)N1CCC2(CCCC2)CC1. The predicted molar refractivity (Wildman–Crippen MR) is 69.7 cm³/mol. The van der Waals surface area contributed by atoms with Gasteiger partial charge in [0.1, 0.15) is 6.04 Å². The molecule has 1 saturated heterocycles. The third-order valence-electron chi connectivity index (χ3n) is 4.73. The number of ether oxygens (including phenoxy) is 1. The highest BCUT2D eigenvalue weighted by Gasteiger charge is 2.39. The van der Waals surface area contributed by atoms with Gasteiger partial charge < -0.3 is 4.74 Å². The first-order valence-electron chi connectivity index (χ1n) is 6.94. The number of amides is 1. The van der Waals surface area contributed by atoms with Gasteiger partial charge in [-0.15, -0.1) is 0 Å². The number of methoxy groups -OCH3 is 1. The number of carbonyl (C=O) groups is 1. The number of nitrogens with zero attached hydrogens (tertiary/aromatic N) is 1. The Bertz CT molecular complexity index is 280. The molecule has 1 spiro atoms. The number of nitrogens with two attached hydrogens (primary N) is 1. The maximum absolute atomic E-state index is 11.8. The van der Waals surface area contributed by atoms with Crippen molar-refractivity contribution in [1.29, 1.82) is 0 Å². The lowest BCUT2D eigenvalue weighted by atomic mass is 9.77. The van der Waals surface area contributed by atoms with Gasteiger partial charge in [0.2, 0.25) is 0 Å². The van der Waals surface area contributed by atoms with Crippen LogP contribution in [0.15, 0.2) is 0 Å². The fourth-order valence-corrected chi connectivity index (χ4v) is 3.54. The van der Waals surface area contributed by atoms with Crippen molar-refractivity contribution in [3.63, 3.8) is 0 Å². The summed E-state index contributed by atoms with van der Waals surface area (Å²) >= 11 is 0. The summed E-state index contributed by atoms with van der Waals surface area (Å²) in [7, 11) is 1.62. The van der Waals surface area contributed by atoms with Crippen LogP contribution < -0.4 is 11.3 Å². The zero-order chi connectivity index (χ0) is 13.0. The van der Waals surface area contributed by atoms with Gasteiger partial charge in [0.15, 0.2) is 0 Å². The van der Waals surface area contributed by atoms with E-state index < -0.39 is 0 Å². The molecule has 104 valence electrons. The molecule has 2 rings (SSSR count). The molecule has 2 fully saturated rings. The third kappa shape index (κ3) is 2.84. The molecule has 1 saturated carbocycles. The first kappa shape index (κ1) is 13.8. The van der Waals surface area contributed by atoms with Crippen molar-refractivity contribution in [2.75, 3.05) is 26.8 Å². The molecular formula is C13H25N3O2. The van der Waals surface area contributed by atoms with Gasteiger partial charge in [-0.2, -0.15) is 0 Å². The van der Waals surface area contributed by atoms with Crippen molar-refractivity contribution >= 4 is 5.91 Å². The van der Waals surface area contributed by atoms with E-state index in [1.807, 2.05) is 0 Å². The lowest BCUT2D eigenvalue weighted by Crippen LogP contribution is -2.54. The molecule has 0 aromatic carbocycles. The molecule has 18 heavy (non-hydrogen) atoms. The number of hydrazine groups is 1. The molecule has 5 nitrogen and oxygen atoms in total. The predicted octanol–water partition coefficient (Wildman–Crippen LogP) is 0.648. The summed E-state index contributed by atoms with van der Waals surface area (Å²) in [5.74, 6) is 5.10. The summed E-state index contributed by atoms with van der Waals surface area (Å²) in [4.78, 5) is 14.0. The standard InChI is InChI=1S/C13H25N3O2/c1-18-10-11(12(17)15-14)16-8-6-13(7-9-16)4-2-3-5-13/h11H,2-10,14H2,1H3,(H,15,17). The van der Waals surface area contributed by atoms with Crippen LogP contribution in [0, 0.1) is 5.41 Å². The van der Waals surface area contributed by atoms with Crippen molar-refractivity contribution in [2.45, 2.75) is 44.6 Å². The number of likely N-dealkylation sites (tertiary alicyclic amines) is 1. The first-order valence-corrected chi connectivity index (χ1v) is 6.94. The van der Waals surface area contributed by atoms with Crippen LogP contribution in [-0.2, 0) is 9.53 Å². The number of rotatable bonds is 4. The summed E-state index contributed by atoms with van der Waals surface area (Å²) in [6, 6.07) is -0.237. The number of nitrogens with one attached hydrogen (secondary N) is 1. The fraction of sp³-hybridized carbons (Fsp3) is 0.923. The van der Waals surface area contributed by atoms with E-state index in [9.17, 15) is 4.79 Å². The van der Waals surface area contributed by atoms with Crippen LogP contribution in [0.3, 0.4) is 0 Å². The van der Waals surface area contributed by atoms with Gasteiger partial charge in [0, 0.05) is 7.11 Å². The Kier molecular flexibility index (Phi) is 4.59. The maximum Gasteiger partial charge on any atom is 0.253 e. The second-order valence-corrected chi connectivity index (χ2v) is 5.72. The molecule has 1 aliphatic carbocycles. The Labute approximate surface area is 109 Å². The second-order valence-electron chi connectivity index (χ2n) is 5.72. The first-order chi connectivity index (χ1) is 8.71. The highest BCUT2D eigenvalue weighted by atomic mass is 16.5. The van der Waals surface area contributed by atoms with Crippen LogP contribution in [0.2, 0.25) is 0 Å². The molecule has 3 N–H and O–H groups in total. The average Bonchev–Trinajstić information content (AvgIpc) is 2.85. The Morgan fingerprint density at radius 3 is 2.44 bits per heavy atom. The largest absolute Gasteiger partial charge is 0.383 e. The highest BCUT2D eigenvalue weighted by Crippen LogP contribution is 2.46. The van der Waals surface area contributed by atoms with Gasteiger partial charge >= 0.3 is 0 Å². The van der Waals surface area contributed by atoms with Gasteiger partial charge in [-0.1, -0.05) is 12.8 Å². The average molecular weight is 255 g/mol. The molecular weight excluding hydrogens is 230 g/mol. The van der Waals surface area contributed by atoms with Crippen molar-refractivity contribution in [3.8, 4) is 0 Å². The molecule has 1 unspecified atom stereocenters. The number of piperidine rings is 1. The molecule has 1 aliphatic heterocycles. The minimum atomic E-state index is -0.237. The van der Waals surface area contributed by atoms with Crippen molar-refractivity contribution < 1.29 is 9.53 Å². The Hall–Kier alpha value is -0.650. The van der Waals surface area contributed by atoms with E-state index in [2.05, 4.69) is 10.3 Å². The lowest BCUT2D eigenvalue weighted by Gasteiger charge is -2.41. The maximum atomic E-state index is 11.8. The van der Waals surface area contributed by atoms with E-state index in [0.717, 1.165) is 13.1 Å². The quantitative estimate of drug-likeness (QED) is 0.440. The number of hydrogen-bond acceptors (Lipinski definition) is 4. The van der Waals surface area contributed by atoms with E-state index in [1.165, 1.54) is 38.5 Å². The monoisotopic (exact) mass is 255 g/mol. The molecule has 5 heteroatoms. The van der Waals surface area contributed by atoms with Gasteiger partial charge in [-0.25, -0.2) is 5.84 Å². The molecule has 1 amide bonds. The summed E-state index contributed by atoms with van der Waals surface area (Å²) in [5, 5.41) is 0. The van der Waals surface area contributed by atoms with E-state index in [4.69, 9.17) is 10.6 Å². The highest BCUT2D eigenvalue weighted by molar-refractivity contribution is 5.81. The molecule has 0 bridgehead atoms. The van der Waals surface area contributed by atoms with Crippen LogP contribution in [0.1, 0.15) is 38.5 Å². The van der Waals surface area contributed by atoms with Crippen molar-refractivity contribution in [3.05, 3.63) is 0 Å². The smallest absolute Gasteiger partial charge is 0.253 e. The van der Waals surface area contributed by atoms with Gasteiger partial charge in [-0.05, 0) is 44.2 Å². The molecule has 0 aromatic heterocycles. The molecule has 1 atom stereocenters. The normalized spacial score (nSPS) is 25.2. The Morgan fingerprint density at radius 2 is 1.94 bits per heavy atom. The lowest BCUT2D eigenvalue weighted by molar-refractivity contribution is -0.129. The Balaban J connectivity index is 1.91. The number of hydrogen-bond donors (Lipinski definition) is 2. The number of carbonyl (C=O) groups excluding carboxylic acids is 1. The third-order valence-corrected chi connectivity index (χ3v) is 4.73. The topological polar surface area (TPSA) is 67.6 Å². The minimum Gasteiger partial charge on any atom is -0.383 e. The van der Waals surface area contributed by atoms with Gasteiger partial charge in [0.05, 0.1) is 6.61 Å². The van der Waals surface area contributed by atoms with Crippen LogP contribution in [0.4, 0.5) is 0 Å². The van der Waals surface area contributed by atoms with E-state index >= 15 is 0 Å². The minimum absolute atomic E-state index is 0.140. The van der Waals surface area contributed by atoms with Crippen molar-refractivity contribution in [2.24, 2.45) is 11.3 Å². The van der Waals surface area contributed by atoms with E-state index in [1.54, 1.807) is 7.11 Å². The van der Waals surface area contributed by atoms with Crippen LogP contribution in [0.5, 0.6) is 0 Å². The fourth-order valence-electron chi connectivity index (χ4n) is 3.54. The van der Waals surface area contributed by atoms with Crippen LogP contribution >= 0.6 is 0 Å². The van der Waals surface area contributed by atoms with Crippen LogP contribution in [-0.4, -0.2) is 43.7 Å². The van der Waals surface area contributed by atoms with Gasteiger partial charge in [0.25, 0.3) is 5.91 Å². The van der Waals surface area contributed by atoms with Crippen molar-refractivity contribution in [1.82, 2.24) is 10.3 Å². The summed E-state index contributed by atoms with van der Waals surface area (Å²) < 4.78 is 5.14. The van der Waals surface area contributed by atoms with E-state index in [0.29, 0.717) is 12.0 Å². The zero-order valence-electron chi connectivity index (χ0n) is 11.3. The Morgan fingerprint density at radius 1 is 1.33 bits per heavy atom. The zero-order valence-corrected chi connectivity index (χ0v) is 11.3. The van der Waals surface area contributed by atoms with Crippen LogP contribution in [0.25, 0.3) is 0 Å². The molecule has 0 aromatic rings. The molecule has 2 aliphatic rings. The summed E-state index contributed by atoms with van der Waals surface area (Å²) in [6.07, 6.45) is 7.93. The summed E-state index contributed by atoms with van der Waals surface area (Å²) in [6.45, 7) is 2.39.